The Hall–Kier alpha value is -1.24. The monoisotopic (exact) mass is 256 g/mol. The van der Waals surface area contributed by atoms with E-state index in [1.807, 2.05) is 4.98 Å². The SMILES string of the molecule is O=c1[nH]c(=O)n(CCCC(F)(F)F)cc1Cl. The number of H-pyrrole nitrogens is 1. The van der Waals surface area contributed by atoms with E-state index in [1.165, 1.54) is 0 Å². The predicted octanol–water partition coefficient (Wildman–Crippen LogP) is 1.53. The van der Waals surface area contributed by atoms with Gasteiger partial charge in [-0.05, 0) is 6.42 Å². The molecule has 0 aromatic carbocycles. The summed E-state index contributed by atoms with van der Waals surface area (Å²) in [6.45, 7) is -0.144. The van der Waals surface area contributed by atoms with Crippen LogP contribution in [0.2, 0.25) is 5.02 Å². The summed E-state index contributed by atoms with van der Waals surface area (Å²) < 4.78 is 36.4. The van der Waals surface area contributed by atoms with E-state index in [0.29, 0.717) is 0 Å². The number of halogens is 4. The second-order valence-corrected chi connectivity index (χ2v) is 3.56. The molecule has 0 bridgehead atoms. The fraction of sp³-hybridized carbons (Fsp3) is 0.500. The normalized spacial score (nSPS) is 11.8. The van der Waals surface area contributed by atoms with E-state index >= 15 is 0 Å². The predicted molar refractivity (Wildman–Crippen MR) is 51.6 cm³/mol. The van der Waals surface area contributed by atoms with Crippen LogP contribution in [0, 0.1) is 0 Å². The maximum absolute atomic E-state index is 11.8. The molecule has 0 saturated heterocycles. The van der Waals surface area contributed by atoms with Crippen LogP contribution in [0.1, 0.15) is 12.8 Å². The molecule has 16 heavy (non-hydrogen) atoms. The smallest absolute Gasteiger partial charge is 0.299 e. The average molecular weight is 257 g/mol. The average Bonchev–Trinajstić information content (AvgIpc) is 2.11. The molecule has 0 aliphatic rings. The molecule has 1 N–H and O–H groups in total. The number of nitrogens with zero attached hydrogens (tertiary/aromatic N) is 1. The molecular formula is C8H8ClF3N2O2. The minimum atomic E-state index is -4.25. The fourth-order valence-corrected chi connectivity index (χ4v) is 1.26. The third-order valence-corrected chi connectivity index (χ3v) is 2.10. The molecule has 0 aliphatic heterocycles. The number of aromatic amines is 1. The number of aryl methyl sites for hydroxylation is 1. The lowest BCUT2D eigenvalue weighted by molar-refractivity contribution is -0.135. The van der Waals surface area contributed by atoms with E-state index in [9.17, 15) is 22.8 Å². The Morgan fingerprint density at radius 2 is 2.00 bits per heavy atom. The fourth-order valence-electron chi connectivity index (χ4n) is 1.10. The molecule has 1 rings (SSSR count). The van der Waals surface area contributed by atoms with E-state index in [2.05, 4.69) is 0 Å². The van der Waals surface area contributed by atoms with Crippen molar-refractivity contribution >= 4 is 11.6 Å². The van der Waals surface area contributed by atoms with Crippen molar-refractivity contribution in [3.05, 3.63) is 32.1 Å². The van der Waals surface area contributed by atoms with Crippen molar-refractivity contribution in [2.45, 2.75) is 25.6 Å². The van der Waals surface area contributed by atoms with Gasteiger partial charge >= 0.3 is 11.9 Å². The van der Waals surface area contributed by atoms with Gasteiger partial charge in [0.25, 0.3) is 5.56 Å². The lowest BCUT2D eigenvalue weighted by Crippen LogP contribution is -2.30. The molecule has 90 valence electrons. The molecule has 0 fully saturated rings. The van der Waals surface area contributed by atoms with Crippen LogP contribution in [-0.2, 0) is 6.54 Å². The van der Waals surface area contributed by atoms with Crippen molar-refractivity contribution in [3.63, 3.8) is 0 Å². The Morgan fingerprint density at radius 1 is 1.38 bits per heavy atom. The highest BCUT2D eigenvalue weighted by molar-refractivity contribution is 6.30. The van der Waals surface area contributed by atoms with Gasteiger partial charge in [-0.3, -0.25) is 14.3 Å². The standard InChI is InChI=1S/C8H8ClF3N2O2/c9-5-4-14(7(16)13-6(5)15)3-1-2-8(10,11)12/h4H,1-3H2,(H,13,15,16). The molecule has 1 heterocycles. The second kappa shape index (κ2) is 4.73. The van der Waals surface area contributed by atoms with E-state index in [-0.39, 0.29) is 18.0 Å². The summed E-state index contributed by atoms with van der Waals surface area (Å²) in [4.78, 5) is 23.9. The van der Waals surface area contributed by atoms with Gasteiger partial charge in [-0.15, -0.1) is 0 Å². The van der Waals surface area contributed by atoms with Crippen molar-refractivity contribution in [1.82, 2.24) is 9.55 Å². The minimum Gasteiger partial charge on any atom is -0.299 e. The lowest BCUT2D eigenvalue weighted by atomic mass is 10.3. The topological polar surface area (TPSA) is 54.9 Å². The zero-order valence-corrected chi connectivity index (χ0v) is 8.73. The Balaban J connectivity index is 2.72. The van der Waals surface area contributed by atoms with Crippen molar-refractivity contribution < 1.29 is 13.2 Å². The number of aromatic nitrogens is 2. The summed E-state index contributed by atoms with van der Waals surface area (Å²) in [5.74, 6) is 0. The van der Waals surface area contributed by atoms with Crippen molar-refractivity contribution in [3.8, 4) is 0 Å². The molecule has 0 saturated carbocycles. The van der Waals surface area contributed by atoms with Crippen LogP contribution < -0.4 is 11.2 Å². The highest BCUT2D eigenvalue weighted by Gasteiger charge is 2.26. The zero-order chi connectivity index (χ0) is 12.3. The largest absolute Gasteiger partial charge is 0.389 e. The zero-order valence-electron chi connectivity index (χ0n) is 7.97. The summed E-state index contributed by atoms with van der Waals surface area (Å²) in [5.41, 5.74) is -1.52. The van der Waals surface area contributed by atoms with E-state index in [4.69, 9.17) is 11.6 Å². The third-order valence-electron chi connectivity index (χ3n) is 1.83. The molecule has 4 nitrogen and oxygen atoms in total. The maximum Gasteiger partial charge on any atom is 0.389 e. The number of hydrogen-bond acceptors (Lipinski definition) is 2. The van der Waals surface area contributed by atoms with Gasteiger partial charge in [0.1, 0.15) is 5.02 Å². The number of hydrogen-bond donors (Lipinski definition) is 1. The van der Waals surface area contributed by atoms with E-state index in [0.717, 1.165) is 10.8 Å². The first-order chi connectivity index (χ1) is 7.29. The van der Waals surface area contributed by atoms with Gasteiger partial charge in [0.2, 0.25) is 0 Å². The molecule has 0 spiro atoms. The van der Waals surface area contributed by atoms with Crippen LogP contribution in [-0.4, -0.2) is 15.7 Å². The first-order valence-corrected chi connectivity index (χ1v) is 4.73. The maximum atomic E-state index is 11.8. The molecule has 0 atom stereocenters. The second-order valence-electron chi connectivity index (χ2n) is 3.15. The summed E-state index contributed by atoms with van der Waals surface area (Å²) in [7, 11) is 0. The van der Waals surface area contributed by atoms with Gasteiger partial charge < -0.3 is 0 Å². The quantitative estimate of drug-likeness (QED) is 0.892. The van der Waals surface area contributed by atoms with Crippen molar-refractivity contribution in [2.24, 2.45) is 0 Å². The van der Waals surface area contributed by atoms with E-state index in [1.54, 1.807) is 0 Å². The van der Waals surface area contributed by atoms with Crippen LogP contribution in [0.15, 0.2) is 15.8 Å². The van der Waals surface area contributed by atoms with Crippen LogP contribution in [0.4, 0.5) is 13.2 Å². The van der Waals surface area contributed by atoms with E-state index < -0.39 is 23.8 Å². The number of alkyl halides is 3. The molecule has 1 aromatic heterocycles. The van der Waals surface area contributed by atoms with Gasteiger partial charge in [-0.25, -0.2) is 4.79 Å². The van der Waals surface area contributed by atoms with Crippen molar-refractivity contribution in [2.75, 3.05) is 0 Å². The van der Waals surface area contributed by atoms with Gasteiger partial charge in [0, 0.05) is 19.2 Å². The van der Waals surface area contributed by atoms with Crippen molar-refractivity contribution in [1.29, 1.82) is 0 Å². The first-order valence-electron chi connectivity index (χ1n) is 4.35. The Morgan fingerprint density at radius 3 is 2.56 bits per heavy atom. The van der Waals surface area contributed by atoms with Gasteiger partial charge in [0.05, 0.1) is 0 Å². The minimum absolute atomic E-state index is 0.144. The number of nitrogens with one attached hydrogen (secondary N) is 1. The molecule has 1 aromatic rings. The van der Waals surface area contributed by atoms with Crippen LogP contribution >= 0.6 is 11.6 Å². The third kappa shape index (κ3) is 3.73. The Labute approximate surface area is 92.7 Å². The Bertz CT molecular complexity index is 477. The number of rotatable bonds is 3. The summed E-state index contributed by atoms with van der Waals surface area (Å²) >= 11 is 5.43. The van der Waals surface area contributed by atoms with Crippen LogP contribution in [0.5, 0.6) is 0 Å². The summed E-state index contributed by atoms with van der Waals surface area (Å²) in [5, 5.41) is -0.230. The first kappa shape index (κ1) is 12.8. The molecule has 8 heteroatoms. The molecular weight excluding hydrogens is 249 g/mol. The molecule has 0 radical (unpaired) electrons. The summed E-state index contributed by atoms with van der Waals surface area (Å²) in [6, 6.07) is 0. The lowest BCUT2D eigenvalue weighted by Gasteiger charge is -2.07. The summed E-state index contributed by atoms with van der Waals surface area (Å²) in [6.07, 6.45) is -4.46. The Kier molecular flexibility index (Phi) is 3.79. The molecule has 0 unspecified atom stereocenters. The highest BCUT2D eigenvalue weighted by Crippen LogP contribution is 2.21. The van der Waals surface area contributed by atoms with Gasteiger partial charge in [0.15, 0.2) is 0 Å². The molecule has 0 aliphatic carbocycles. The van der Waals surface area contributed by atoms with Gasteiger partial charge in [-0.1, -0.05) is 11.6 Å². The molecule has 0 amide bonds. The van der Waals surface area contributed by atoms with Gasteiger partial charge in [-0.2, -0.15) is 13.2 Å². The van der Waals surface area contributed by atoms with Crippen LogP contribution in [0.3, 0.4) is 0 Å². The van der Waals surface area contributed by atoms with Crippen LogP contribution in [0.25, 0.3) is 0 Å². The highest BCUT2D eigenvalue weighted by atomic mass is 35.5.